The smallest absolute Gasteiger partial charge is 0.326 e. The lowest BCUT2D eigenvalue weighted by atomic mass is 10.0. The predicted octanol–water partition coefficient (Wildman–Crippen LogP) is -0.135. The molecule has 3 amide bonds. The maximum atomic E-state index is 13.4. The van der Waals surface area contributed by atoms with Crippen molar-refractivity contribution in [2.75, 3.05) is 0 Å². The Hall–Kier alpha value is -5.44. The summed E-state index contributed by atoms with van der Waals surface area (Å²) in [5.74, 6) is -7.27. The molecular weight excluding hydrogens is 578 g/mol. The zero-order chi connectivity index (χ0) is 32.4. The first-order valence-electron chi connectivity index (χ1n) is 13.5. The van der Waals surface area contributed by atoms with E-state index < -0.39 is 79.1 Å². The molecule has 0 aliphatic carbocycles. The lowest BCUT2D eigenvalue weighted by molar-refractivity contribution is -0.144. The third kappa shape index (κ3) is 9.55. The number of phenols is 1. The second kappa shape index (κ2) is 15.2. The Morgan fingerprint density at radius 1 is 0.750 bits per heavy atom. The molecular formula is C29H33N5O10. The summed E-state index contributed by atoms with van der Waals surface area (Å²) in [4.78, 5) is 76.4. The Morgan fingerprint density at radius 3 is 2.00 bits per heavy atom. The number of aromatic hydroxyl groups is 1. The minimum atomic E-state index is -1.77. The second-order valence-corrected chi connectivity index (χ2v) is 10.1. The molecule has 0 radical (unpaired) electrons. The third-order valence-corrected chi connectivity index (χ3v) is 6.73. The zero-order valence-electron chi connectivity index (χ0n) is 23.4. The number of para-hydroxylation sites is 1. The first-order valence-corrected chi connectivity index (χ1v) is 13.5. The summed E-state index contributed by atoms with van der Waals surface area (Å²) < 4.78 is 0. The molecule has 2 aromatic carbocycles. The van der Waals surface area contributed by atoms with E-state index in [2.05, 4.69) is 20.9 Å². The Morgan fingerprint density at radius 2 is 1.36 bits per heavy atom. The van der Waals surface area contributed by atoms with Gasteiger partial charge in [-0.3, -0.25) is 24.0 Å². The van der Waals surface area contributed by atoms with Crippen LogP contribution < -0.4 is 21.7 Å². The molecule has 44 heavy (non-hydrogen) atoms. The highest BCUT2D eigenvalue weighted by molar-refractivity contribution is 5.96. The number of carboxylic acid groups (broad SMARTS) is 3. The highest BCUT2D eigenvalue weighted by Gasteiger charge is 2.32. The van der Waals surface area contributed by atoms with Crippen LogP contribution in [-0.2, 0) is 41.6 Å². The van der Waals surface area contributed by atoms with Crippen molar-refractivity contribution in [1.82, 2.24) is 20.9 Å². The van der Waals surface area contributed by atoms with E-state index in [1.165, 1.54) is 24.3 Å². The second-order valence-electron chi connectivity index (χ2n) is 10.1. The van der Waals surface area contributed by atoms with E-state index in [1.807, 2.05) is 24.3 Å². The van der Waals surface area contributed by atoms with Gasteiger partial charge in [0.05, 0.1) is 12.5 Å². The minimum absolute atomic E-state index is 0.0476. The number of phenolic OH excluding ortho intramolecular Hbond substituents is 1. The molecule has 10 N–H and O–H groups in total. The third-order valence-electron chi connectivity index (χ3n) is 6.73. The van der Waals surface area contributed by atoms with Gasteiger partial charge in [-0.15, -0.1) is 0 Å². The normalized spacial score (nSPS) is 13.7. The summed E-state index contributed by atoms with van der Waals surface area (Å²) in [5.41, 5.74) is 8.28. The van der Waals surface area contributed by atoms with Gasteiger partial charge >= 0.3 is 17.9 Å². The molecule has 0 spiro atoms. The average molecular weight is 612 g/mol. The number of hydrogen-bond acceptors (Lipinski definition) is 8. The van der Waals surface area contributed by atoms with Crippen molar-refractivity contribution in [1.29, 1.82) is 0 Å². The van der Waals surface area contributed by atoms with E-state index >= 15 is 0 Å². The van der Waals surface area contributed by atoms with E-state index in [4.69, 9.17) is 10.8 Å². The number of aromatic nitrogens is 1. The monoisotopic (exact) mass is 611 g/mol. The zero-order valence-corrected chi connectivity index (χ0v) is 23.4. The van der Waals surface area contributed by atoms with Crippen molar-refractivity contribution < 1.29 is 49.2 Å². The van der Waals surface area contributed by atoms with Crippen LogP contribution in [0.4, 0.5) is 0 Å². The number of rotatable bonds is 16. The summed E-state index contributed by atoms with van der Waals surface area (Å²) in [6, 6.07) is 7.19. The number of carbonyl (C=O) groups excluding carboxylic acids is 3. The number of benzene rings is 2. The molecule has 4 atom stereocenters. The van der Waals surface area contributed by atoms with Crippen LogP contribution in [-0.4, -0.2) is 85.2 Å². The van der Waals surface area contributed by atoms with Crippen LogP contribution in [0.2, 0.25) is 0 Å². The van der Waals surface area contributed by atoms with Crippen molar-refractivity contribution in [2.24, 2.45) is 5.73 Å². The Labute approximate surface area is 250 Å². The fraction of sp³-hybridized carbons (Fsp3) is 0.310. The van der Waals surface area contributed by atoms with Crippen LogP contribution in [0.1, 0.15) is 30.4 Å². The summed E-state index contributed by atoms with van der Waals surface area (Å²) in [6.07, 6.45) is -0.336. The molecule has 1 aromatic heterocycles. The van der Waals surface area contributed by atoms with E-state index in [0.717, 1.165) is 16.5 Å². The highest BCUT2D eigenvalue weighted by Crippen LogP contribution is 2.19. The molecule has 0 saturated heterocycles. The van der Waals surface area contributed by atoms with Crippen LogP contribution in [0, 0.1) is 0 Å². The number of nitrogens with two attached hydrogens (primary N) is 1. The standard InChI is InChI=1S/C29H33N5O10/c30-19(12-16-14-31-20-4-2-1-3-18(16)20)26(40)33-22(11-15-5-7-17(35)8-6-15)27(41)34-23(13-25(38)39)28(42)32-21(29(43)44)9-10-24(36)37/h1-8,14,19,21-23,31,35H,9-13,30H2,(H,32,42)(H,33,40)(H,34,41)(H,36,37)(H,38,39)(H,43,44). The van der Waals surface area contributed by atoms with Gasteiger partial charge in [0.2, 0.25) is 17.7 Å². The van der Waals surface area contributed by atoms with Gasteiger partial charge in [-0.2, -0.15) is 0 Å². The Kier molecular flexibility index (Phi) is 11.4. The number of nitrogens with one attached hydrogen (secondary N) is 4. The Balaban J connectivity index is 1.79. The first-order chi connectivity index (χ1) is 20.8. The molecule has 0 aliphatic heterocycles. The molecule has 3 rings (SSSR count). The summed E-state index contributed by atoms with van der Waals surface area (Å²) in [5, 5.41) is 44.9. The topological polar surface area (TPSA) is 261 Å². The van der Waals surface area contributed by atoms with Gasteiger partial charge in [-0.05, 0) is 42.2 Å². The van der Waals surface area contributed by atoms with Crippen LogP contribution in [0.25, 0.3) is 10.9 Å². The minimum Gasteiger partial charge on any atom is -0.508 e. The van der Waals surface area contributed by atoms with E-state index in [-0.39, 0.29) is 18.6 Å². The number of carboxylic acids is 3. The maximum Gasteiger partial charge on any atom is 0.326 e. The van der Waals surface area contributed by atoms with Crippen LogP contribution in [0.3, 0.4) is 0 Å². The lowest BCUT2D eigenvalue weighted by Crippen LogP contribution is -2.58. The molecule has 234 valence electrons. The van der Waals surface area contributed by atoms with Crippen molar-refractivity contribution in [3.05, 3.63) is 65.9 Å². The quantitative estimate of drug-likeness (QED) is 0.103. The summed E-state index contributed by atoms with van der Waals surface area (Å²) in [6.45, 7) is 0. The average Bonchev–Trinajstić information content (AvgIpc) is 3.37. The molecule has 0 fully saturated rings. The number of amides is 3. The van der Waals surface area contributed by atoms with Crippen LogP contribution in [0.5, 0.6) is 5.75 Å². The first kappa shape index (κ1) is 33.1. The molecule has 1 heterocycles. The summed E-state index contributed by atoms with van der Waals surface area (Å²) >= 11 is 0. The van der Waals surface area contributed by atoms with Crippen molar-refractivity contribution in [3.8, 4) is 5.75 Å². The number of aromatic amines is 1. The van der Waals surface area contributed by atoms with E-state index in [0.29, 0.717) is 5.56 Å². The van der Waals surface area contributed by atoms with Gasteiger partial charge in [-0.25, -0.2) is 4.79 Å². The molecule has 15 heteroatoms. The molecule has 15 nitrogen and oxygen atoms in total. The van der Waals surface area contributed by atoms with Gasteiger partial charge in [0.1, 0.15) is 23.9 Å². The maximum absolute atomic E-state index is 13.4. The van der Waals surface area contributed by atoms with Crippen molar-refractivity contribution in [2.45, 2.75) is 56.3 Å². The van der Waals surface area contributed by atoms with Crippen LogP contribution in [0.15, 0.2) is 54.7 Å². The molecule has 4 unspecified atom stereocenters. The van der Waals surface area contributed by atoms with Gasteiger partial charge in [-0.1, -0.05) is 30.3 Å². The van der Waals surface area contributed by atoms with E-state index in [9.17, 15) is 44.1 Å². The fourth-order valence-corrected chi connectivity index (χ4v) is 4.44. The van der Waals surface area contributed by atoms with Crippen molar-refractivity contribution >= 4 is 46.5 Å². The SMILES string of the molecule is NC(Cc1c[nH]c2ccccc12)C(=O)NC(Cc1ccc(O)cc1)C(=O)NC(CC(=O)O)C(=O)NC(CCC(=O)O)C(=O)O. The van der Waals surface area contributed by atoms with Gasteiger partial charge in [0.25, 0.3) is 0 Å². The number of aliphatic carboxylic acids is 3. The van der Waals surface area contributed by atoms with Gasteiger partial charge < -0.3 is 47.1 Å². The van der Waals surface area contributed by atoms with Crippen molar-refractivity contribution in [3.63, 3.8) is 0 Å². The molecule has 3 aromatic rings. The van der Waals surface area contributed by atoms with Gasteiger partial charge in [0.15, 0.2) is 0 Å². The molecule has 0 bridgehead atoms. The largest absolute Gasteiger partial charge is 0.508 e. The summed E-state index contributed by atoms with van der Waals surface area (Å²) in [7, 11) is 0. The van der Waals surface area contributed by atoms with Crippen LogP contribution >= 0.6 is 0 Å². The fourth-order valence-electron chi connectivity index (χ4n) is 4.44. The number of carbonyl (C=O) groups is 6. The lowest BCUT2D eigenvalue weighted by Gasteiger charge is -2.24. The van der Waals surface area contributed by atoms with Gasteiger partial charge in [0, 0.05) is 29.9 Å². The highest BCUT2D eigenvalue weighted by atomic mass is 16.4. The molecule has 0 saturated carbocycles. The number of H-pyrrole nitrogens is 1. The predicted molar refractivity (Wildman–Crippen MR) is 154 cm³/mol. The number of hydrogen-bond donors (Lipinski definition) is 9. The Bertz CT molecular complexity index is 1520. The molecule has 0 aliphatic rings. The number of fused-ring (bicyclic) bond motifs is 1. The van der Waals surface area contributed by atoms with E-state index in [1.54, 1.807) is 6.20 Å².